The molecule has 6 heteroatoms. The molecule has 65 heavy (non-hydrogen) atoms. The Bertz CT molecular complexity index is 1450. The number of esters is 3. The average Bonchev–Trinajstić information content (AvgIpc) is 3.30. The van der Waals surface area contributed by atoms with Gasteiger partial charge in [-0.3, -0.25) is 14.4 Å². The summed E-state index contributed by atoms with van der Waals surface area (Å²) in [5, 5.41) is 0. The van der Waals surface area contributed by atoms with E-state index in [1.807, 2.05) is 36.5 Å². The van der Waals surface area contributed by atoms with Gasteiger partial charge in [0.1, 0.15) is 13.2 Å². The molecule has 0 amide bonds. The van der Waals surface area contributed by atoms with Crippen LogP contribution in [0.25, 0.3) is 0 Å². The van der Waals surface area contributed by atoms with Crippen LogP contribution in [0.15, 0.2) is 134 Å². The fourth-order valence-corrected chi connectivity index (χ4v) is 6.50. The lowest BCUT2D eigenvalue weighted by Gasteiger charge is -2.18. The molecule has 364 valence electrons. The van der Waals surface area contributed by atoms with Gasteiger partial charge >= 0.3 is 17.9 Å². The number of ether oxygens (including phenoxy) is 3. The monoisotopic (exact) mass is 897 g/mol. The van der Waals surface area contributed by atoms with Gasteiger partial charge in [0, 0.05) is 19.3 Å². The van der Waals surface area contributed by atoms with Crippen molar-refractivity contribution in [3.63, 3.8) is 0 Å². The predicted molar refractivity (Wildman–Crippen MR) is 279 cm³/mol. The third-order valence-electron chi connectivity index (χ3n) is 10.3. The maximum atomic E-state index is 12.8. The Morgan fingerprint density at radius 1 is 0.323 bits per heavy atom. The van der Waals surface area contributed by atoms with Crippen LogP contribution in [0.3, 0.4) is 0 Å². The smallest absolute Gasteiger partial charge is 0.306 e. The maximum Gasteiger partial charge on any atom is 0.306 e. The zero-order chi connectivity index (χ0) is 47.2. The molecule has 1 atom stereocenters. The van der Waals surface area contributed by atoms with Crippen molar-refractivity contribution in [1.29, 1.82) is 0 Å². The second-order valence-corrected chi connectivity index (χ2v) is 16.4. The van der Waals surface area contributed by atoms with Gasteiger partial charge < -0.3 is 14.2 Å². The van der Waals surface area contributed by atoms with E-state index in [0.29, 0.717) is 19.3 Å². The van der Waals surface area contributed by atoms with Crippen molar-refractivity contribution >= 4 is 17.9 Å². The lowest BCUT2D eigenvalue weighted by molar-refractivity contribution is -0.167. The van der Waals surface area contributed by atoms with Crippen molar-refractivity contribution in [2.45, 2.75) is 207 Å². The number of rotatable bonds is 44. The van der Waals surface area contributed by atoms with Gasteiger partial charge in [-0.1, -0.05) is 219 Å². The van der Waals surface area contributed by atoms with Gasteiger partial charge in [0.15, 0.2) is 6.10 Å². The highest BCUT2D eigenvalue weighted by atomic mass is 16.6. The van der Waals surface area contributed by atoms with Gasteiger partial charge in [-0.05, 0) is 96.3 Å². The predicted octanol–water partition coefficient (Wildman–Crippen LogP) is 17.1. The summed E-state index contributed by atoms with van der Waals surface area (Å²) in [5.74, 6) is -0.984. The van der Waals surface area contributed by atoms with Crippen LogP contribution < -0.4 is 0 Å². The van der Waals surface area contributed by atoms with Crippen molar-refractivity contribution in [3.05, 3.63) is 134 Å². The van der Waals surface area contributed by atoms with Gasteiger partial charge in [-0.25, -0.2) is 0 Å². The van der Waals surface area contributed by atoms with Crippen LogP contribution in [0.5, 0.6) is 0 Å². The highest BCUT2D eigenvalue weighted by Crippen LogP contribution is 2.13. The van der Waals surface area contributed by atoms with Crippen LogP contribution in [0, 0.1) is 0 Å². The van der Waals surface area contributed by atoms with Crippen molar-refractivity contribution in [1.82, 2.24) is 0 Å². The lowest BCUT2D eigenvalue weighted by atomic mass is 10.1. The Labute approximate surface area is 398 Å². The number of unbranched alkanes of at least 4 members (excludes halogenated alkanes) is 16. The van der Waals surface area contributed by atoms with E-state index in [1.54, 1.807) is 0 Å². The molecular weight excluding hydrogens is 805 g/mol. The van der Waals surface area contributed by atoms with E-state index in [9.17, 15) is 14.4 Å². The van der Waals surface area contributed by atoms with Crippen LogP contribution in [-0.2, 0) is 28.6 Å². The molecule has 0 N–H and O–H groups in total. The molecule has 0 radical (unpaired) electrons. The summed E-state index contributed by atoms with van der Waals surface area (Å²) in [7, 11) is 0. The molecule has 6 nitrogen and oxygen atoms in total. The molecule has 0 aliphatic heterocycles. The van der Waals surface area contributed by atoms with E-state index in [2.05, 4.69) is 118 Å². The number of carbonyl (C=O) groups is 3. The molecule has 0 bridgehead atoms. The van der Waals surface area contributed by atoms with E-state index in [-0.39, 0.29) is 31.1 Å². The Hall–Kier alpha value is -4.45. The standard InChI is InChI=1S/C59H92O6/c1-4-7-10-13-16-19-22-25-27-28-29-30-32-34-37-40-43-46-49-52-58(61)64-55-56(54-63-57(60)51-48-45-42-39-36-33-24-21-18-15-12-9-6-3)65-59(62)53-50-47-44-41-38-35-31-26-23-20-17-14-11-8-5-2/h7-12,14-21,23-25,27,29-30,33,36,56H,4-6,13,22,26,28,31-32,34-35,37-55H2,1-3H3/b10-7+,11-8+,12-9+,17-14+,18-15+,19-16+,23-20+,24-21+,27-25+,30-29+,36-33+. The Morgan fingerprint density at radius 3 is 1.06 bits per heavy atom. The topological polar surface area (TPSA) is 78.9 Å². The third-order valence-corrected chi connectivity index (χ3v) is 10.3. The molecule has 0 fully saturated rings. The highest BCUT2D eigenvalue weighted by molar-refractivity contribution is 5.71. The van der Waals surface area contributed by atoms with Crippen LogP contribution in [0.1, 0.15) is 201 Å². The van der Waals surface area contributed by atoms with E-state index >= 15 is 0 Å². The SMILES string of the molecule is CC/C=C/C=C/C=C/C=C/CCCCCC(=O)OCC(COC(=O)CCCCCCCC/C=C/C/C=C/C/C=C/C/C=C/CC)OC(=O)CCCCCCCCC/C=C/C=C/C=C/CC. The van der Waals surface area contributed by atoms with Crippen LogP contribution in [0.2, 0.25) is 0 Å². The van der Waals surface area contributed by atoms with Crippen molar-refractivity contribution in [3.8, 4) is 0 Å². The Balaban J connectivity index is 4.49. The summed E-state index contributed by atoms with van der Waals surface area (Å²) in [5.41, 5.74) is 0. The van der Waals surface area contributed by atoms with Crippen LogP contribution in [-0.4, -0.2) is 37.2 Å². The quantitative estimate of drug-likeness (QED) is 0.0199. The Kier molecular flexibility index (Phi) is 48.6. The van der Waals surface area contributed by atoms with Gasteiger partial charge in [0.2, 0.25) is 0 Å². The molecule has 0 spiro atoms. The molecule has 0 aliphatic carbocycles. The first-order chi connectivity index (χ1) is 32.0. The van der Waals surface area contributed by atoms with Gasteiger partial charge in [-0.15, -0.1) is 0 Å². The molecule has 0 aliphatic rings. The zero-order valence-electron chi connectivity index (χ0n) is 41.4. The van der Waals surface area contributed by atoms with Crippen molar-refractivity contribution in [2.75, 3.05) is 13.2 Å². The fraction of sp³-hybridized carbons (Fsp3) is 0.576. The molecule has 0 aromatic carbocycles. The summed E-state index contributed by atoms with van der Waals surface area (Å²) >= 11 is 0. The molecule has 0 saturated heterocycles. The Morgan fingerprint density at radius 2 is 0.631 bits per heavy atom. The van der Waals surface area contributed by atoms with Crippen molar-refractivity contribution < 1.29 is 28.6 Å². The maximum absolute atomic E-state index is 12.8. The minimum absolute atomic E-state index is 0.109. The first-order valence-electron chi connectivity index (χ1n) is 25.8. The largest absolute Gasteiger partial charge is 0.462 e. The summed E-state index contributed by atoms with van der Waals surface area (Å²) in [6.45, 7) is 6.18. The molecule has 0 aromatic heterocycles. The minimum atomic E-state index is -0.811. The van der Waals surface area contributed by atoms with Crippen molar-refractivity contribution in [2.24, 2.45) is 0 Å². The van der Waals surface area contributed by atoms with E-state index in [4.69, 9.17) is 14.2 Å². The summed E-state index contributed by atoms with van der Waals surface area (Å²) in [6, 6.07) is 0. The van der Waals surface area contributed by atoms with Gasteiger partial charge in [-0.2, -0.15) is 0 Å². The van der Waals surface area contributed by atoms with Gasteiger partial charge in [0.25, 0.3) is 0 Å². The third kappa shape index (κ3) is 50.4. The lowest BCUT2D eigenvalue weighted by Crippen LogP contribution is -2.30. The van der Waals surface area contributed by atoms with E-state index < -0.39 is 6.10 Å². The van der Waals surface area contributed by atoms with Crippen LogP contribution in [0.4, 0.5) is 0 Å². The normalized spacial score (nSPS) is 13.2. The van der Waals surface area contributed by atoms with Gasteiger partial charge in [0.05, 0.1) is 0 Å². The minimum Gasteiger partial charge on any atom is -0.462 e. The molecule has 1 unspecified atom stereocenters. The number of allylic oxidation sites excluding steroid dienone is 22. The zero-order valence-corrected chi connectivity index (χ0v) is 41.4. The van der Waals surface area contributed by atoms with E-state index in [1.165, 1.54) is 32.1 Å². The second-order valence-electron chi connectivity index (χ2n) is 16.4. The molecule has 0 saturated carbocycles. The first kappa shape index (κ1) is 60.5. The number of hydrogen-bond acceptors (Lipinski definition) is 6. The molecular formula is C59H92O6. The number of hydrogen-bond donors (Lipinski definition) is 0. The summed E-state index contributed by atoms with van der Waals surface area (Å²) < 4.78 is 16.7. The second kappa shape index (κ2) is 52.2. The number of carbonyl (C=O) groups excluding carboxylic acids is 3. The molecule has 0 rings (SSSR count). The fourth-order valence-electron chi connectivity index (χ4n) is 6.50. The average molecular weight is 897 g/mol. The van der Waals surface area contributed by atoms with Crippen LogP contribution >= 0.6 is 0 Å². The summed E-state index contributed by atoms with van der Waals surface area (Å²) in [6.07, 6.45) is 72.9. The van der Waals surface area contributed by atoms with E-state index in [0.717, 1.165) is 128 Å². The summed E-state index contributed by atoms with van der Waals surface area (Å²) in [4.78, 5) is 38.0. The highest BCUT2D eigenvalue weighted by Gasteiger charge is 2.19. The molecule has 0 aromatic rings. The first-order valence-corrected chi connectivity index (χ1v) is 25.8. The molecule has 0 heterocycles.